The van der Waals surface area contributed by atoms with Crippen molar-refractivity contribution >= 4 is 23.4 Å². The van der Waals surface area contributed by atoms with Gasteiger partial charge in [0.15, 0.2) is 5.16 Å². The van der Waals surface area contributed by atoms with Crippen molar-refractivity contribution in [2.75, 3.05) is 6.61 Å². The molecule has 0 N–H and O–H groups in total. The van der Waals surface area contributed by atoms with Crippen LogP contribution in [0.4, 0.5) is 0 Å². The second-order valence-corrected chi connectivity index (χ2v) is 4.57. The quantitative estimate of drug-likeness (QED) is 0.843. The highest BCUT2D eigenvalue weighted by Crippen LogP contribution is 2.24. The van der Waals surface area contributed by atoms with Gasteiger partial charge in [0.1, 0.15) is 5.82 Å². The van der Waals surface area contributed by atoms with E-state index in [0.717, 1.165) is 5.82 Å². The van der Waals surface area contributed by atoms with E-state index < -0.39 is 0 Å². The standard InChI is InChI=1S/C9H11ClN6OS/c1-4-17-7-11-6(10)12-8(13-7)18-9-15-14-5(2)16(9)3/h4H2,1-3H3. The average molecular weight is 287 g/mol. The minimum absolute atomic E-state index is 0.0924. The monoisotopic (exact) mass is 286 g/mol. The molecule has 0 bridgehead atoms. The number of nitrogens with zero attached hydrogens (tertiary/aromatic N) is 6. The van der Waals surface area contributed by atoms with Gasteiger partial charge in [0.25, 0.3) is 0 Å². The molecule has 7 nitrogen and oxygen atoms in total. The number of aryl methyl sites for hydroxylation is 1. The Morgan fingerprint density at radius 3 is 2.67 bits per heavy atom. The minimum Gasteiger partial charge on any atom is -0.464 e. The summed E-state index contributed by atoms with van der Waals surface area (Å²) >= 11 is 7.05. The van der Waals surface area contributed by atoms with Crippen LogP contribution in [-0.2, 0) is 7.05 Å². The number of hydrogen-bond donors (Lipinski definition) is 0. The molecule has 0 aliphatic heterocycles. The zero-order valence-corrected chi connectivity index (χ0v) is 11.7. The highest BCUT2D eigenvalue weighted by atomic mass is 35.5. The predicted octanol–water partition coefficient (Wildman–Crippen LogP) is 1.51. The molecule has 0 radical (unpaired) electrons. The third-order valence-electron chi connectivity index (χ3n) is 2.08. The fourth-order valence-electron chi connectivity index (χ4n) is 1.11. The van der Waals surface area contributed by atoms with Gasteiger partial charge in [-0.25, -0.2) is 0 Å². The second-order valence-electron chi connectivity index (χ2n) is 3.29. The van der Waals surface area contributed by atoms with Gasteiger partial charge in [0.05, 0.1) is 6.61 Å². The van der Waals surface area contributed by atoms with E-state index in [9.17, 15) is 0 Å². The average Bonchev–Trinajstić information content (AvgIpc) is 2.61. The van der Waals surface area contributed by atoms with Gasteiger partial charge in [-0.2, -0.15) is 15.0 Å². The van der Waals surface area contributed by atoms with Gasteiger partial charge < -0.3 is 9.30 Å². The summed E-state index contributed by atoms with van der Waals surface area (Å²) in [5.74, 6) is 0.808. The molecule has 2 rings (SSSR count). The smallest absolute Gasteiger partial charge is 0.321 e. The van der Waals surface area contributed by atoms with Crippen molar-refractivity contribution in [3.63, 3.8) is 0 Å². The topological polar surface area (TPSA) is 78.6 Å². The summed E-state index contributed by atoms with van der Waals surface area (Å²) in [6, 6.07) is 0.207. The van der Waals surface area contributed by atoms with Crippen LogP contribution in [0.5, 0.6) is 6.01 Å². The first kappa shape index (κ1) is 13.0. The van der Waals surface area contributed by atoms with Crippen LogP contribution in [0, 0.1) is 6.92 Å². The van der Waals surface area contributed by atoms with Crippen LogP contribution in [0.3, 0.4) is 0 Å². The first-order valence-electron chi connectivity index (χ1n) is 5.18. The molecule has 0 fully saturated rings. The van der Waals surface area contributed by atoms with Gasteiger partial charge in [-0.05, 0) is 37.2 Å². The zero-order valence-electron chi connectivity index (χ0n) is 10.1. The molecule has 2 heterocycles. The number of aromatic nitrogens is 6. The molecule has 2 aromatic rings. The van der Waals surface area contributed by atoms with Gasteiger partial charge >= 0.3 is 6.01 Å². The van der Waals surface area contributed by atoms with Crippen molar-refractivity contribution in [1.29, 1.82) is 0 Å². The van der Waals surface area contributed by atoms with E-state index in [1.807, 2.05) is 25.5 Å². The minimum atomic E-state index is 0.0924. The second kappa shape index (κ2) is 5.49. The molecule has 0 saturated heterocycles. The van der Waals surface area contributed by atoms with Crippen LogP contribution >= 0.6 is 23.4 Å². The molecule has 18 heavy (non-hydrogen) atoms. The van der Waals surface area contributed by atoms with Gasteiger partial charge in [-0.3, -0.25) is 0 Å². The van der Waals surface area contributed by atoms with Crippen LogP contribution in [0.2, 0.25) is 5.28 Å². The maximum atomic E-state index is 5.80. The van der Waals surface area contributed by atoms with Crippen molar-refractivity contribution in [2.24, 2.45) is 7.05 Å². The third-order valence-corrected chi connectivity index (χ3v) is 3.15. The maximum Gasteiger partial charge on any atom is 0.321 e. The van der Waals surface area contributed by atoms with Crippen molar-refractivity contribution in [2.45, 2.75) is 24.2 Å². The summed E-state index contributed by atoms with van der Waals surface area (Å²) in [7, 11) is 1.86. The molecule has 0 saturated carbocycles. The Bertz CT molecular complexity index is 560. The predicted molar refractivity (Wildman–Crippen MR) is 65.9 cm³/mol. The van der Waals surface area contributed by atoms with Gasteiger partial charge in [-0.15, -0.1) is 10.2 Å². The summed E-state index contributed by atoms with van der Waals surface area (Å²) in [6.07, 6.45) is 0. The van der Waals surface area contributed by atoms with Crippen LogP contribution in [0.1, 0.15) is 12.7 Å². The zero-order chi connectivity index (χ0) is 13.1. The molecular formula is C9H11ClN6OS. The molecule has 0 atom stereocenters. The first-order chi connectivity index (χ1) is 8.60. The number of halogens is 1. The van der Waals surface area contributed by atoms with E-state index >= 15 is 0 Å². The maximum absolute atomic E-state index is 5.80. The summed E-state index contributed by atoms with van der Waals surface area (Å²) in [6.45, 7) is 4.17. The highest BCUT2D eigenvalue weighted by molar-refractivity contribution is 7.99. The normalized spacial score (nSPS) is 10.7. The molecule has 0 aliphatic carbocycles. The van der Waals surface area contributed by atoms with Gasteiger partial charge in [0, 0.05) is 7.05 Å². The molecule has 0 amide bonds. The molecule has 0 aromatic carbocycles. The number of ether oxygens (including phenoxy) is 1. The van der Waals surface area contributed by atoms with Crippen LogP contribution in [-0.4, -0.2) is 36.3 Å². The lowest BCUT2D eigenvalue weighted by Crippen LogP contribution is -2.01. The Morgan fingerprint density at radius 1 is 1.28 bits per heavy atom. The Balaban J connectivity index is 2.26. The Labute approximate surface area is 113 Å². The lowest BCUT2D eigenvalue weighted by molar-refractivity contribution is 0.307. The van der Waals surface area contributed by atoms with Crippen molar-refractivity contribution < 1.29 is 4.74 Å². The molecule has 0 spiro atoms. The fourth-order valence-corrected chi connectivity index (χ4v) is 2.08. The van der Waals surface area contributed by atoms with E-state index in [0.29, 0.717) is 16.9 Å². The first-order valence-corrected chi connectivity index (χ1v) is 6.37. The largest absolute Gasteiger partial charge is 0.464 e. The lowest BCUT2D eigenvalue weighted by atomic mass is 10.7. The lowest BCUT2D eigenvalue weighted by Gasteiger charge is -2.03. The summed E-state index contributed by atoms with van der Waals surface area (Å²) in [4.78, 5) is 12.0. The van der Waals surface area contributed by atoms with Crippen molar-refractivity contribution in [3.8, 4) is 6.01 Å². The fraction of sp³-hybridized carbons (Fsp3) is 0.444. The van der Waals surface area contributed by atoms with E-state index in [2.05, 4.69) is 25.1 Å². The SMILES string of the molecule is CCOc1nc(Cl)nc(Sc2nnc(C)n2C)n1. The Morgan fingerprint density at radius 2 is 2.06 bits per heavy atom. The molecular weight excluding hydrogens is 276 g/mol. The molecule has 0 unspecified atom stereocenters. The van der Waals surface area contributed by atoms with Crippen molar-refractivity contribution in [1.82, 2.24) is 29.7 Å². The van der Waals surface area contributed by atoms with Crippen LogP contribution in [0.25, 0.3) is 0 Å². The Hall–Kier alpha value is -1.41. The third kappa shape index (κ3) is 2.88. The van der Waals surface area contributed by atoms with E-state index in [1.165, 1.54) is 11.8 Å². The van der Waals surface area contributed by atoms with Crippen LogP contribution < -0.4 is 4.74 Å². The summed E-state index contributed by atoms with van der Waals surface area (Å²) < 4.78 is 7.03. The number of rotatable bonds is 4. The van der Waals surface area contributed by atoms with Gasteiger partial charge in [0.2, 0.25) is 10.4 Å². The highest BCUT2D eigenvalue weighted by Gasteiger charge is 2.12. The summed E-state index contributed by atoms with van der Waals surface area (Å²) in [5, 5.41) is 9.15. The van der Waals surface area contributed by atoms with E-state index in [1.54, 1.807) is 0 Å². The number of hydrogen-bond acceptors (Lipinski definition) is 7. The van der Waals surface area contributed by atoms with E-state index in [-0.39, 0.29) is 11.3 Å². The Kier molecular flexibility index (Phi) is 3.97. The molecule has 9 heteroatoms. The molecule has 0 aliphatic rings. The van der Waals surface area contributed by atoms with Gasteiger partial charge in [-0.1, -0.05) is 0 Å². The van der Waals surface area contributed by atoms with Crippen LogP contribution in [0.15, 0.2) is 10.3 Å². The van der Waals surface area contributed by atoms with Crippen molar-refractivity contribution in [3.05, 3.63) is 11.1 Å². The summed E-state index contributed by atoms with van der Waals surface area (Å²) in [5.41, 5.74) is 0. The molecule has 2 aromatic heterocycles. The van der Waals surface area contributed by atoms with E-state index in [4.69, 9.17) is 16.3 Å². The molecule has 96 valence electrons.